The van der Waals surface area contributed by atoms with Crippen LogP contribution in [0.5, 0.6) is 0 Å². The molecule has 1 heterocycles. The topological polar surface area (TPSA) is 0 Å². The highest BCUT2D eigenvalue weighted by Crippen LogP contribution is 2.42. The van der Waals surface area contributed by atoms with Crippen molar-refractivity contribution in [2.45, 2.75) is 16.2 Å². The van der Waals surface area contributed by atoms with E-state index >= 15 is 0 Å². The molecule has 0 N–H and O–H groups in total. The van der Waals surface area contributed by atoms with Crippen molar-refractivity contribution < 1.29 is 0 Å². The lowest BCUT2D eigenvalue weighted by atomic mass is 10.0. The van der Waals surface area contributed by atoms with Crippen LogP contribution in [-0.4, -0.2) is 0 Å². The van der Waals surface area contributed by atoms with Crippen LogP contribution >= 0.6 is 11.8 Å². The van der Waals surface area contributed by atoms with E-state index in [0.717, 1.165) is 6.42 Å². The fourth-order valence-electron chi connectivity index (χ4n) is 2.61. The summed E-state index contributed by atoms with van der Waals surface area (Å²) in [5.74, 6) is 0. The third kappa shape index (κ3) is 1.48. The van der Waals surface area contributed by atoms with Gasteiger partial charge < -0.3 is 0 Å². The molecule has 0 unspecified atom stereocenters. The molecular formula is C17H12S. The van der Waals surface area contributed by atoms with Gasteiger partial charge in [0.25, 0.3) is 0 Å². The monoisotopic (exact) mass is 248 g/mol. The standard InChI is InChI=1S/C17H12S/c1-3-7-15-12(5-1)9-10-14-11-13-6-2-4-8-16(13)18-17(14)15/h1-10H,11H2. The SMILES string of the molecule is c1ccc2c(c1)Cc1ccc3ccccc3c1S2. The van der Waals surface area contributed by atoms with E-state index in [4.69, 9.17) is 0 Å². The first-order valence-corrected chi connectivity index (χ1v) is 7.00. The van der Waals surface area contributed by atoms with Crippen molar-refractivity contribution in [2.24, 2.45) is 0 Å². The van der Waals surface area contributed by atoms with Gasteiger partial charge in [-0.15, -0.1) is 0 Å². The van der Waals surface area contributed by atoms with E-state index < -0.39 is 0 Å². The molecule has 0 saturated carbocycles. The second-order valence-electron chi connectivity index (χ2n) is 4.66. The summed E-state index contributed by atoms with van der Waals surface area (Å²) < 4.78 is 0. The van der Waals surface area contributed by atoms with E-state index in [-0.39, 0.29) is 0 Å². The van der Waals surface area contributed by atoms with Crippen molar-refractivity contribution in [1.29, 1.82) is 0 Å². The molecule has 0 aliphatic carbocycles. The third-order valence-electron chi connectivity index (χ3n) is 3.53. The largest absolute Gasteiger partial charge is 0.0888 e. The molecule has 18 heavy (non-hydrogen) atoms. The Morgan fingerprint density at radius 2 is 1.56 bits per heavy atom. The summed E-state index contributed by atoms with van der Waals surface area (Å²) in [7, 11) is 0. The zero-order chi connectivity index (χ0) is 11.9. The first kappa shape index (κ1) is 10.2. The maximum atomic E-state index is 2.28. The number of hydrogen-bond acceptors (Lipinski definition) is 1. The van der Waals surface area contributed by atoms with Crippen LogP contribution in [0.2, 0.25) is 0 Å². The number of rotatable bonds is 0. The van der Waals surface area contributed by atoms with Crippen LogP contribution < -0.4 is 0 Å². The molecule has 0 aromatic heterocycles. The Hall–Kier alpha value is -1.73. The van der Waals surface area contributed by atoms with Crippen LogP contribution in [0.15, 0.2) is 70.5 Å². The van der Waals surface area contributed by atoms with Crippen molar-refractivity contribution in [2.75, 3.05) is 0 Å². The number of benzene rings is 3. The van der Waals surface area contributed by atoms with Crippen LogP contribution in [0.3, 0.4) is 0 Å². The molecule has 0 radical (unpaired) electrons. The maximum absolute atomic E-state index is 2.28. The highest BCUT2D eigenvalue weighted by atomic mass is 32.2. The minimum Gasteiger partial charge on any atom is -0.0888 e. The summed E-state index contributed by atoms with van der Waals surface area (Å²) >= 11 is 1.91. The molecule has 0 fully saturated rings. The molecule has 4 rings (SSSR count). The van der Waals surface area contributed by atoms with E-state index in [0.29, 0.717) is 0 Å². The molecule has 0 atom stereocenters. The highest BCUT2D eigenvalue weighted by molar-refractivity contribution is 7.99. The fraction of sp³-hybridized carbons (Fsp3) is 0.0588. The summed E-state index contributed by atoms with van der Waals surface area (Å²) in [5.41, 5.74) is 2.91. The molecule has 3 aromatic rings. The summed E-state index contributed by atoms with van der Waals surface area (Å²) in [5, 5.41) is 2.72. The molecule has 0 spiro atoms. The lowest BCUT2D eigenvalue weighted by Crippen LogP contribution is -1.99. The van der Waals surface area contributed by atoms with Crippen LogP contribution in [0.1, 0.15) is 11.1 Å². The zero-order valence-corrected chi connectivity index (χ0v) is 10.7. The lowest BCUT2D eigenvalue weighted by Gasteiger charge is -2.20. The van der Waals surface area contributed by atoms with Crippen molar-refractivity contribution >= 4 is 22.5 Å². The van der Waals surface area contributed by atoms with Crippen LogP contribution in [0.4, 0.5) is 0 Å². The Morgan fingerprint density at radius 3 is 2.56 bits per heavy atom. The van der Waals surface area contributed by atoms with Crippen molar-refractivity contribution in [3.05, 3.63) is 71.8 Å². The Morgan fingerprint density at radius 1 is 0.722 bits per heavy atom. The quantitative estimate of drug-likeness (QED) is 0.426. The number of fused-ring (bicyclic) bond motifs is 4. The highest BCUT2D eigenvalue weighted by Gasteiger charge is 2.17. The molecule has 86 valence electrons. The van der Waals surface area contributed by atoms with Gasteiger partial charge in [0.1, 0.15) is 0 Å². The van der Waals surface area contributed by atoms with E-state index in [1.54, 1.807) is 0 Å². The summed E-state index contributed by atoms with van der Waals surface area (Å²) in [4.78, 5) is 2.84. The van der Waals surface area contributed by atoms with Gasteiger partial charge in [0.15, 0.2) is 0 Å². The van der Waals surface area contributed by atoms with Crippen LogP contribution in [0, 0.1) is 0 Å². The zero-order valence-electron chi connectivity index (χ0n) is 9.89. The first-order chi connectivity index (χ1) is 8.92. The Balaban J connectivity index is 1.98. The Kier molecular flexibility index (Phi) is 2.21. The summed E-state index contributed by atoms with van der Waals surface area (Å²) in [6.07, 6.45) is 1.06. The molecule has 1 aliphatic heterocycles. The average Bonchev–Trinajstić information content (AvgIpc) is 2.45. The third-order valence-corrected chi connectivity index (χ3v) is 4.83. The first-order valence-electron chi connectivity index (χ1n) is 6.18. The lowest BCUT2D eigenvalue weighted by molar-refractivity contribution is 1.07. The second kappa shape index (κ2) is 3.89. The van der Waals surface area contributed by atoms with Gasteiger partial charge in [-0.1, -0.05) is 66.4 Å². The van der Waals surface area contributed by atoms with Gasteiger partial charge in [-0.3, -0.25) is 0 Å². The van der Waals surface area contributed by atoms with E-state index in [2.05, 4.69) is 60.7 Å². The molecule has 0 bridgehead atoms. The van der Waals surface area contributed by atoms with Gasteiger partial charge in [-0.05, 0) is 34.4 Å². The number of hydrogen-bond donors (Lipinski definition) is 0. The van der Waals surface area contributed by atoms with Crippen molar-refractivity contribution in [1.82, 2.24) is 0 Å². The predicted molar refractivity (Wildman–Crippen MR) is 77.3 cm³/mol. The van der Waals surface area contributed by atoms with Gasteiger partial charge in [-0.2, -0.15) is 0 Å². The maximum Gasteiger partial charge on any atom is 0.0236 e. The minimum atomic E-state index is 1.06. The normalized spacial score (nSPS) is 13.1. The van der Waals surface area contributed by atoms with Gasteiger partial charge in [-0.25, -0.2) is 0 Å². The molecule has 0 amide bonds. The Labute approximate surface area is 111 Å². The Bertz CT molecular complexity index is 743. The molecule has 0 nitrogen and oxygen atoms in total. The van der Waals surface area contributed by atoms with E-state index in [9.17, 15) is 0 Å². The molecule has 3 aromatic carbocycles. The smallest absolute Gasteiger partial charge is 0.0236 e. The van der Waals surface area contributed by atoms with Crippen LogP contribution in [-0.2, 0) is 6.42 Å². The molecule has 1 aliphatic rings. The van der Waals surface area contributed by atoms with Crippen molar-refractivity contribution in [3.8, 4) is 0 Å². The van der Waals surface area contributed by atoms with Gasteiger partial charge >= 0.3 is 0 Å². The molecule has 0 saturated heterocycles. The summed E-state index contributed by atoms with van der Waals surface area (Å²) in [6.45, 7) is 0. The fourth-order valence-corrected chi connectivity index (χ4v) is 3.82. The van der Waals surface area contributed by atoms with E-state index in [1.807, 2.05) is 11.8 Å². The minimum absolute atomic E-state index is 1.06. The second-order valence-corrected chi connectivity index (χ2v) is 5.71. The predicted octanol–water partition coefficient (Wildman–Crippen LogP) is 4.90. The van der Waals surface area contributed by atoms with E-state index in [1.165, 1.54) is 31.7 Å². The summed E-state index contributed by atoms with van der Waals surface area (Å²) in [6, 6.07) is 21.9. The van der Waals surface area contributed by atoms with Gasteiger partial charge in [0.05, 0.1) is 0 Å². The van der Waals surface area contributed by atoms with Crippen molar-refractivity contribution in [3.63, 3.8) is 0 Å². The molecular weight excluding hydrogens is 236 g/mol. The van der Waals surface area contributed by atoms with Gasteiger partial charge in [0, 0.05) is 9.79 Å². The van der Waals surface area contributed by atoms with Gasteiger partial charge in [0.2, 0.25) is 0 Å². The van der Waals surface area contributed by atoms with Crippen LogP contribution in [0.25, 0.3) is 10.8 Å². The average molecular weight is 248 g/mol. The molecule has 1 heteroatoms.